The first-order valence-electron chi connectivity index (χ1n) is 12.6. The van der Waals surface area contributed by atoms with Crippen LogP contribution < -0.4 is 14.5 Å². The molecule has 7 heteroatoms. The van der Waals surface area contributed by atoms with Crippen molar-refractivity contribution < 1.29 is 19.4 Å². The fraction of sp³-hybridized carbons (Fsp3) is 0.226. The predicted octanol–water partition coefficient (Wildman–Crippen LogP) is 5.90. The van der Waals surface area contributed by atoms with Crippen LogP contribution in [0.3, 0.4) is 0 Å². The van der Waals surface area contributed by atoms with E-state index < -0.39 is 17.7 Å². The molecule has 38 heavy (non-hydrogen) atoms. The molecule has 1 saturated heterocycles. The number of benzene rings is 3. The molecule has 1 atom stereocenters. The molecule has 5 rings (SSSR count). The summed E-state index contributed by atoms with van der Waals surface area (Å²) in [6.45, 7) is 4.63. The van der Waals surface area contributed by atoms with E-state index in [9.17, 15) is 14.7 Å². The van der Waals surface area contributed by atoms with Crippen LogP contribution in [0.2, 0.25) is 0 Å². The van der Waals surface area contributed by atoms with Crippen LogP contribution in [-0.2, 0) is 9.59 Å². The maximum absolute atomic E-state index is 13.6. The lowest BCUT2D eigenvalue weighted by Gasteiger charge is -2.25. The molecule has 4 aromatic rings. The van der Waals surface area contributed by atoms with Crippen molar-refractivity contribution in [2.24, 2.45) is 5.92 Å². The largest absolute Gasteiger partial charge is 0.507 e. The van der Waals surface area contributed by atoms with Crippen LogP contribution in [0, 0.1) is 5.92 Å². The fourth-order valence-electron chi connectivity index (χ4n) is 4.78. The lowest BCUT2D eigenvalue weighted by atomic mass is 9.94. The quantitative estimate of drug-likeness (QED) is 0.184. The van der Waals surface area contributed by atoms with Gasteiger partial charge in [-0.15, -0.1) is 0 Å². The molecule has 3 aromatic carbocycles. The van der Waals surface area contributed by atoms with E-state index in [-0.39, 0.29) is 11.3 Å². The van der Waals surface area contributed by atoms with Crippen LogP contribution in [0.25, 0.3) is 16.7 Å². The third kappa shape index (κ3) is 4.52. The van der Waals surface area contributed by atoms with E-state index in [1.165, 1.54) is 4.90 Å². The molecular weight excluding hydrogens is 478 g/mol. The number of Topliss-reactive ketones (excluding diaryl/α,β-unsaturated/α-hetero) is 1. The van der Waals surface area contributed by atoms with Gasteiger partial charge in [-0.2, -0.15) is 0 Å². The van der Waals surface area contributed by atoms with Gasteiger partial charge in [-0.3, -0.25) is 14.5 Å². The zero-order valence-electron chi connectivity index (χ0n) is 21.9. The summed E-state index contributed by atoms with van der Waals surface area (Å²) in [5.41, 5.74) is 3.59. The van der Waals surface area contributed by atoms with E-state index in [2.05, 4.69) is 18.8 Å². The van der Waals surface area contributed by atoms with Crippen molar-refractivity contribution in [2.45, 2.75) is 19.9 Å². The third-order valence-electron chi connectivity index (χ3n) is 6.70. The lowest BCUT2D eigenvalue weighted by Crippen LogP contribution is -2.29. The number of aromatic amines is 1. The van der Waals surface area contributed by atoms with Crippen molar-refractivity contribution in [1.29, 1.82) is 0 Å². The van der Waals surface area contributed by atoms with E-state index >= 15 is 0 Å². The van der Waals surface area contributed by atoms with Gasteiger partial charge in [0.05, 0.1) is 18.2 Å². The van der Waals surface area contributed by atoms with Gasteiger partial charge < -0.3 is 19.7 Å². The normalized spacial score (nSPS) is 17.0. The molecule has 0 spiro atoms. The number of carbonyl (C=O) groups excluding carboxylic acids is 2. The van der Waals surface area contributed by atoms with Gasteiger partial charge in [0.15, 0.2) is 0 Å². The summed E-state index contributed by atoms with van der Waals surface area (Å²) in [6.07, 6.45) is 1.80. The molecule has 0 bridgehead atoms. The molecule has 0 saturated carbocycles. The summed E-state index contributed by atoms with van der Waals surface area (Å²) in [5.74, 6) is -0.742. The number of H-pyrrole nitrogens is 1. The zero-order chi connectivity index (χ0) is 27.0. The highest BCUT2D eigenvalue weighted by Crippen LogP contribution is 2.44. The van der Waals surface area contributed by atoms with Gasteiger partial charge in [0, 0.05) is 53.7 Å². The predicted molar refractivity (Wildman–Crippen MR) is 151 cm³/mol. The summed E-state index contributed by atoms with van der Waals surface area (Å²) in [4.78, 5) is 33.8. The number of aliphatic hydroxyl groups excluding tert-OH is 1. The number of nitrogens with zero attached hydrogens (tertiary/aromatic N) is 2. The average molecular weight is 510 g/mol. The maximum atomic E-state index is 13.6. The molecular formula is C31H31N3O4. The van der Waals surface area contributed by atoms with Crippen LogP contribution >= 0.6 is 0 Å². The molecule has 7 nitrogen and oxygen atoms in total. The van der Waals surface area contributed by atoms with Gasteiger partial charge in [-0.25, -0.2) is 0 Å². The number of hydrogen-bond acceptors (Lipinski definition) is 5. The summed E-state index contributed by atoms with van der Waals surface area (Å²) in [7, 11) is 3.87. The highest BCUT2D eigenvalue weighted by atomic mass is 16.5. The first kappa shape index (κ1) is 25.1. The van der Waals surface area contributed by atoms with Crippen LogP contribution in [0.4, 0.5) is 11.4 Å². The van der Waals surface area contributed by atoms with Crippen molar-refractivity contribution in [1.82, 2.24) is 4.98 Å². The number of nitrogens with one attached hydrogen (secondary N) is 1. The van der Waals surface area contributed by atoms with Crippen molar-refractivity contribution in [3.8, 4) is 5.75 Å². The van der Waals surface area contributed by atoms with Crippen LogP contribution in [0.5, 0.6) is 5.75 Å². The minimum absolute atomic E-state index is 0.0393. The number of ether oxygens (including phenoxy) is 1. The Kier molecular flexibility index (Phi) is 6.68. The van der Waals surface area contributed by atoms with Gasteiger partial charge >= 0.3 is 0 Å². The number of rotatable bonds is 7. The van der Waals surface area contributed by atoms with Gasteiger partial charge in [0.2, 0.25) is 0 Å². The smallest absolute Gasteiger partial charge is 0.300 e. The third-order valence-corrected chi connectivity index (χ3v) is 6.70. The average Bonchev–Trinajstić information content (AvgIpc) is 3.45. The topological polar surface area (TPSA) is 85.9 Å². The Morgan fingerprint density at radius 2 is 1.76 bits per heavy atom. The number of hydrogen-bond donors (Lipinski definition) is 2. The summed E-state index contributed by atoms with van der Waals surface area (Å²) in [5, 5.41) is 12.4. The lowest BCUT2D eigenvalue weighted by molar-refractivity contribution is -0.132. The molecule has 194 valence electrons. The number of para-hydroxylation sites is 1. The number of fused-ring (bicyclic) bond motifs is 1. The molecule has 0 radical (unpaired) electrons. The van der Waals surface area contributed by atoms with E-state index in [4.69, 9.17) is 4.74 Å². The highest BCUT2D eigenvalue weighted by molar-refractivity contribution is 6.51. The Bertz CT molecular complexity index is 1530. The van der Waals surface area contributed by atoms with Crippen molar-refractivity contribution in [3.05, 3.63) is 95.7 Å². The fourth-order valence-corrected chi connectivity index (χ4v) is 4.78. The van der Waals surface area contributed by atoms with Crippen molar-refractivity contribution in [2.75, 3.05) is 30.5 Å². The van der Waals surface area contributed by atoms with E-state index in [0.717, 1.165) is 22.2 Å². The van der Waals surface area contributed by atoms with E-state index in [1.807, 2.05) is 67.5 Å². The second kappa shape index (κ2) is 10.1. The van der Waals surface area contributed by atoms with E-state index in [0.29, 0.717) is 29.5 Å². The first-order chi connectivity index (χ1) is 18.3. The molecule has 1 fully saturated rings. The molecule has 1 aromatic heterocycles. The van der Waals surface area contributed by atoms with Gasteiger partial charge in [-0.05, 0) is 48.4 Å². The number of ketones is 1. The first-order valence-corrected chi connectivity index (χ1v) is 12.6. The summed E-state index contributed by atoms with van der Waals surface area (Å²) >= 11 is 0. The Morgan fingerprint density at radius 1 is 1.03 bits per heavy atom. The van der Waals surface area contributed by atoms with Crippen LogP contribution in [0.15, 0.2) is 84.6 Å². The molecule has 0 aliphatic carbocycles. The Morgan fingerprint density at radius 3 is 2.47 bits per heavy atom. The van der Waals surface area contributed by atoms with E-state index in [1.54, 1.807) is 30.5 Å². The van der Waals surface area contributed by atoms with Gasteiger partial charge in [0.1, 0.15) is 11.5 Å². The molecule has 1 aliphatic heterocycles. The minimum atomic E-state index is -0.823. The van der Waals surface area contributed by atoms with Crippen molar-refractivity contribution in [3.63, 3.8) is 0 Å². The molecule has 1 amide bonds. The Hall–Kier alpha value is -4.52. The van der Waals surface area contributed by atoms with Gasteiger partial charge in [-0.1, -0.05) is 44.2 Å². The summed E-state index contributed by atoms with van der Waals surface area (Å²) in [6, 6.07) is 21.3. The molecule has 1 unspecified atom stereocenters. The second-order valence-electron chi connectivity index (χ2n) is 10.1. The number of carbonyl (C=O) groups is 2. The highest BCUT2D eigenvalue weighted by Gasteiger charge is 2.47. The number of anilines is 2. The van der Waals surface area contributed by atoms with Crippen molar-refractivity contribution >= 4 is 39.7 Å². The van der Waals surface area contributed by atoms with Crippen LogP contribution in [-0.4, -0.2) is 42.5 Å². The number of aromatic nitrogens is 1. The Labute approximate surface area is 222 Å². The van der Waals surface area contributed by atoms with Crippen LogP contribution in [0.1, 0.15) is 31.0 Å². The monoisotopic (exact) mass is 509 g/mol. The summed E-state index contributed by atoms with van der Waals surface area (Å²) < 4.78 is 5.84. The minimum Gasteiger partial charge on any atom is -0.507 e. The number of aliphatic hydroxyl groups is 1. The SMILES string of the molecule is CC(C)COc1cccc(/C(O)=C2\C(=O)C(=O)N(c3ccc(N(C)C)cc3)C2c2c[nH]c3ccccc23)c1. The second-order valence-corrected chi connectivity index (χ2v) is 10.1. The maximum Gasteiger partial charge on any atom is 0.300 e. The molecule has 1 aliphatic rings. The van der Waals surface area contributed by atoms with Gasteiger partial charge in [0.25, 0.3) is 11.7 Å². The molecule has 2 N–H and O–H groups in total. The molecule has 2 heterocycles. The Balaban J connectivity index is 1.68. The standard InChI is InChI=1S/C31H31N3O4/c1-19(2)18-38-23-9-7-8-20(16-23)29(35)27-28(25-17-32-26-11-6-5-10-24(25)26)34(31(37)30(27)36)22-14-12-21(13-15-22)33(3)4/h5-17,19,28,32,35H,18H2,1-4H3/b29-27+. The number of amides is 1. The zero-order valence-corrected chi connectivity index (χ0v) is 21.9.